The molecule has 4 rings (SSSR count). The molecule has 1 heterocycles. The summed E-state index contributed by atoms with van der Waals surface area (Å²) in [6.45, 7) is 0.0613. The van der Waals surface area contributed by atoms with Gasteiger partial charge in [-0.05, 0) is 35.0 Å². The molecule has 5 heteroatoms. The predicted molar refractivity (Wildman–Crippen MR) is 99.0 cm³/mol. The minimum absolute atomic E-state index is 0.0539. The average Bonchev–Trinajstić information content (AvgIpc) is 2.91. The van der Waals surface area contributed by atoms with Gasteiger partial charge in [0.2, 0.25) is 5.91 Å². The van der Waals surface area contributed by atoms with Gasteiger partial charge in [-0.3, -0.25) is 19.3 Å². The van der Waals surface area contributed by atoms with Gasteiger partial charge in [-0.25, -0.2) is 0 Å². The van der Waals surface area contributed by atoms with E-state index in [4.69, 9.17) is 0 Å². The summed E-state index contributed by atoms with van der Waals surface area (Å²) in [5.41, 5.74) is 1.48. The first-order chi connectivity index (χ1) is 12.6. The van der Waals surface area contributed by atoms with Gasteiger partial charge in [0.1, 0.15) is 0 Å². The highest BCUT2D eigenvalue weighted by Crippen LogP contribution is 2.23. The number of benzene rings is 3. The van der Waals surface area contributed by atoms with E-state index >= 15 is 0 Å². The second-order valence-corrected chi connectivity index (χ2v) is 6.17. The summed E-state index contributed by atoms with van der Waals surface area (Å²) in [7, 11) is 0. The lowest BCUT2D eigenvalue weighted by atomic mass is 10.1. The monoisotopic (exact) mass is 344 g/mol. The molecule has 3 aromatic carbocycles. The third-order valence-electron chi connectivity index (χ3n) is 4.47. The lowest BCUT2D eigenvalue weighted by molar-refractivity contribution is -0.116. The van der Waals surface area contributed by atoms with Crippen LogP contribution < -0.4 is 5.32 Å². The minimum atomic E-state index is -0.343. The van der Waals surface area contributed by atoms with E-state index in [2.05, 4.69) is 5.32 Å². The Bertz CT molecular complexity index is 1010. The summed E-state index contributed by atoms with van der Waals surface area (Å²) in [5, 5.41) is 4.95. The molecule has 0 atom stereocenters. The number of imide groups is 1. The molecule has 0 bridgehead atoms. The summed E-state index contributed by atoms with van der Waals surface area (Å²) in [4.78, 5) is 38.0. The number of nitrogens with one attached hydrogen (secondary N) is 1. The molecule has 0 radical (unpaired) electrons. The molecular formula is C21H16N2O3. The molecule has 0 aromatic heterocycles. The fraction of sp³-hybridized carbons (Fsp3) is 0.0952. The minimum Gasteiger partial charge on any atom is -0.326 e. The highest BCUT2D eigenvalue weighted by atomic mass is 16.2. The van der Waals surface area contributed by atoms with Crippen molar-refractivity contribution in [2.45, 2.75) is 6.42 Å². The summed E-state index contributed by atoms with van der Waals surface area (Å²) < 4.78 is 0. The molecule has 0 saturated carbocycles. The quantitative estimate of drug-likeness (QED) is 0.737. The number of amides is 3. The Hall–Kier alpha value is -3.47. The Labute approximate surface area is 150 Å². The van der Waals surface area contributed by atoms with Gasteiger partial charge in [0.05, 0.1) is 11.1 Å². The normalized spacial score (nSPS) is 13.2. The van der Waals surface area contributed by atoms with E-state index < -0.39 is 0 Å². The number of carbonyl (C=O) groups excluding carboxylic acids is 3. The second kappa shape index (κ2) is 6.44. The van der Waals surface area contributed by atoms with Crippen LogP contribution in [-0.4, -0.2) is 29.2 Å². The van der Waals surface area contributed by atoms with Crippen molar-refractivity contribution >= 4 is 34.2 Å². The van der Waals surface area contributed by atoms with Gasteiger partial charge in [0.25, 0.3) is 11.8 Å². The van der Waals surface area contributed by atoms with Gasteiger partial charge in [-0.2, -0.15) is 0 Å². The first kappa shape index (κ1) is 16.0. The molecule has 3 aromatic rings. The highest BCUT2D eigenvalue weighted by Gasteiger charge is 2.34. The van der Waals surface area contributed by atoms with Crippen LogP contribution in [0.3, 0.4) is 0 Å². The van der Waals surface area contributed by atoms with Gasteiger partial charge in [-0.1, -0.05) is 42.5 Å². The molecule has 0 aliphatic carbocycles. The fourth-order valence-corrected chi connectivity index (χ4v) is 3.15. The van der Waals surface area contributed by atoms with E-state index in [0.29, 0.717) is 16.8 Å². The lowest BCUT2D eigenvalue weighted by Crippen LogP contribution is -2.32. The molecule has 26 heavy (non-hydrogen) atoms. The van der Waals surface area contributed by atoms with Crippen LogP contribution in [0.15, 0.2) is 66.7 Å². The van der Waals surface area contributed by atoms with Gasteiger partial charge in [0, 0.05) is 18.7 Å². The van der Waals surface area contributed by atoms with Crippen LogP contribution in [0.1, 0.15) is 27.1 Å². The molecule has 0 saturated heterocycles. The van der Waals surface area contributed by atoms with Crippen molar-refractivity contribution < 1.29 is 14.4 Å². The molecular weight excluding hydrogens is 328 g/mol. The zero-order valence-electron chi connectivity index (χ0n) is 13.9. The zero-order chi connectivity index (χ0) is 18.1. The average molecular weight is 344 g/mol. The molecule has 0 unspecified atom stereocenters. The largest absolute Gasteiger partial charge is 0.326 e. The Balaban J connectivity index is 1.41. The van der Waals surface area contributed by atoms with Crippen LogP contribution in [0.5, 0.6) is 0 Å². The maximum atomic E-state index is 12.3. The molecule has 1 N–H and O–H groups in total. The van der Waals surface area contributed by atoms with E-state index in [1.165, 1.54) is 0 Å². The van der Waals surface area contributed by atoms with Crippen molar-refractivity contribution in [1.29, 1.82) is 0 Å². The Morgan fingerprint density at radius 1 is 0.808 bits per heavy atom. The molecule has 128 valence electrons. The van der Waals surface area contributed by atoms with Crippen molar-refractivity contribution in [3.8, 4) is 0 Å². The van der Waals surface area contributed by atoms with Crippen LogP contribution in [0.2, 0.25) is 0 Å². The van der Waals surface area contributed by atoms with Gasteiger partial charge < -0.3 is 5.32 Å². The smallest absolute Gasteiger partial charge is 0.261 e. The predicted octanol–water partition coefficient (Wildman–Crippen LogP) is 3.46. The van der Waals surface area contributed by atoms with Crippen molar-refractivity contribution in [1.82, 2.24) is 4.90 Å². The van der Waals surface area contributed by atoms with Gasteiger partial charge in [-0.15, -0.1) is 0 Å². The lowest BCUT2D eigenvalue weighted by Gasteiger charge is -2.13. The maximum absolute atomic E-state index is 12.3. The van der Waals surface area contributed by atoms with Crippen LogP contribution in [-0.2, 0) is 4.79 Å². The van der Waals surface area contributed by atoms with E-state index in [-0.39, 0.29) is 30.7 Å². The number of hydrogen-bond donors (Lipinski definition) is 1. The molecule has 0 fully saturated rings. The van der Waals surface area contributed by atoms with Crippen molar-refractivity contribution in [3.05, 3.63) is 77.9 Å². The van der Waals surface area contributed by atoms with Crippen LogP contribution in [0, 0.1) is 0 Å². The van der Waals surface area contributed by atoms with Crippen molar-refractivity contribution in [3.63, 3.8) is 0 Å². The van der Waals surface area contributed by atoms with Gasteiger partial charge in [0.15, 0.2) is 0 Å². The summed E-state index contributed by atoms with van der Waals surface area (Å²) in [5.74, 6) is -0.926. The molecule has 1 aliphatic rings. The number of rotatable bonds is 4. The number of hydrogen-bond acceptors (Lipinski definition) is 3. The first-order valence-corrected chi connectivity index (χ1v) is 8.37. The van der Waals surface area contributed by atoms with E-state index in [9.17, 15) is 14.4 Å². The number of nitrogens with zero attached hydrogens (tertiary/aromatic N) is 1. The van der Waals surface area contributed by atoms with Crippen molar-refractivity contribution in [2.24, 2.45) is 0 Å². The standard InChI is InChI=1S/C21H16N2O3/c24-19(22-16-10-9-14-5-1-2-6-15(14)13-16)11-12-23-20(25)17-7-3-4-8-18(17)21(23)26/h1-10,13H,11-12H2,(H,22,24). The molecule has 1 aliphatic heterocycles. The Morgan fingerprint density at radius 3 is 2.12 bits per heavy atom. The van der Waals surface area contributed by atoms with Crippen molar-refractivity contribution in [2.75, 3.05) is 11.9 Å². The molecule has 5 nitrogen and oxygen atoms in total. The molecule has 0 spiro atoms. The maximum Gasteiger partial charge on any atom is 0.261 e. The van der Waals surface area contributed by atoms with E-state index in [0.717, 1.165) is 15.7 Å². The number of anilines is 1. The Morgan fingerprint density at radius 2 is 1.42 bits per heavy atom. The fourth-order valence-electron chi connectivity index (χ4n) is 3.15. The third kappa shape index (κ3) is 2.84. The molecule has 3 amide bonds. The van der Waals surface area contributed by atoms with Crippen LogP contribution in [0.25, 0.3) is 10.8 Å². The van der Waals surface area contributed by atoms with E-state index in [1.807, 2.05) is 42.5 Å². The number of carbonyl (C=O) groups is 3. The topological polar surface area (TPSA) is 66.5 Å². The summed E-state index contributed by atoms with van der Waals surface area (Å²) in [6.07, 6.45) is 0.0539. The summed E-state index contributed by atoms with van der Waals surface area (Å²) in [6, 6.07) is 20.3. The third-order valence-corrected chi connectivity index (χ3v) is 4.47. The Kier molecular flexibility index (Phi) is 3.97. The van der Waals surface area contributed by atoms with Crippen LogP contribution >= 0.6 is 0 Å². The summed E-state index contributed by atoms with van der Waals surface area (Å²) >= 11 is 0. The SMILES string of the molecule is O=C(CCN1C(=O)c2ccccc2C1=O)Nc1ccc2ccccc2c1. The van der Waals surface area contributed by atoms with E-state index in [1.54, 1.807) is 24.3 Å². The highest BCUT2D eigenvalue weighted by molar-refractivity contribution is 6.21. The number of fused-ring (bicyclic) bond motifs is 2. The van der Waals surface area contributed by atoms with Gasteiger partial charge >= 0.3 is 0 Å². The zero-order valence-corrected chi connectivity index (χ0v) is 13.9. The second-order valence-electron chi connectivity index (χ2n) is 6.17. The first-order valence-electron chi connectivity index (χ1n) is 8.37. The van der Waals surface area contributed by atoms with Crippen LogP contribution in [0.4, 0.5) is 5.69 Å².